The Morgan fingerprint density at radius 3 is 2.33 bits per heavy atom. The standard InChI is InChI=1S/C9H21NO2/c1-8(9(2,3)12)10-6-4-5-7-11/h8,10-12H,4-7H2,1-3H3. The van der Waals surface area contributed by atoms with Gasteiger partial charge in [0.1, 0.15) is 0 Å². The minimum atomic E-state index is -0.667. The summed E-state index contributed by atoms with van der Waals surface area (Å²) in [6, 6.07) is 0.0937. The van der Waals surface area contributed by atoms with E-state index in [9.17, 15) is 5.11 Å². The number of rotatable bonds is 6. The van der Waals surface area contributed by atoms with E-state index in [2.05, 4.69) is 5.32 Å². The molecule has 0 radical (unpaired) electrons. The summed E-state index contributed by atoms with van der Waals surface area (Å²) < 4.78 is 0. The highest BCUT2D eigenvalue weighted by Crippen LogP contribution is 2.06. The van der Waals surface area contributed by atoms with Gasteiger partial charge in [-0.3, -0.25) is 0 Å². The van der Waals surface area contributed by atoms with Gasteiger partial charge >= 0.3 is 0 Å². The summed E-state index contributed by atoms with van der Waals surface area (Å²) in [5.41, 5.74) is -0.667. The molecule has 0 fully saturated rings. The lowest BCUT2D eigenvalue weighted by atomic mass is 10.0. The van der Waals surface area contributed by atoms with Gasteiger partial charge in [0.2, 0.25) is 0 Å². The van der Waals surface area contributed by atoms with Crippen LogP contribution in [0.1, 0.15) is 33.6 Å². The van der Waals surface area contributed by atoms with E-state index < -0.39 is 5.60 Å². The number of aliphatic hydroxyl groups excluding tert-OH is 1. The minimum absolute atomic E-state index is 0.0937. The van der Waals surface area contributed by atoms with Crippen LogP contribution in [0.25, 0.3) is 0 Å². The third-order valence-electron chi connectivity index (χ3n) is 2.10. The Kier molecular flexibility index (Phi) is 5.46. The molecule has 0 aliphatic heterocycles. The van der Waals surface area contributed by atoms with Crippen LogP contribution in [0, 0.1) is 0 Å². The Morgan fingerprint density at radius 2 is 1.92 bits per heavy atom. The van der Waals surface area contributed by atoms with Gasteiger partial charge in [-0.15, -0.1) is 0 Å². The van der Waals surface area contributed by atoms with E-state index in [-0.39, 0.29) is 12.6 Å². The van der Waals surface area contributed by atoms with Gasteiger partial charge in [0, 0.05) is 12.6 Å². The van der Waals surface area contributed by atoms with Crippen LogP contribution in [0.5, 0.6) is 0 Å². The lowest BCUT2D eigenvalue weighted by Crippen LogP contribution is -2.44. The van der Waals surface area contributed by atoms with Gasteiger partial charge < -0.3 is 15.5 Å². The SMILES string of the molecule is CC(NCCCCO)C(C)(C)O. The lowest BCUT2D eigenvalue weighted by Gasteiger charge is -2.26. The maximum atomic E-state index is 9.53. The molecule has 3 nitrogen and oxygen atoms in total. The van der Waals surface area contributed by atoms with Gasteiger partial charge in [0.05, 0.1) is 5.60 Å². The number of hydrogen-bond acceptors (Lipinski definition) is 3. The molecule has 0 rings (SSSR count). The molecule has 0 saturated carbocycles. The monoisotopic (exact) mass is 175 g/mol. The fourth-order valence-electron chi connectivity index (χ4n) is 0.805. The molecule has 74 valence electrons. The molecule has 1 unspecified atom stereocenters. The van der Waals surface area contributed by atoms with Gasteiger partial charge in [-0.1, -0.05) is 0 Å². The van der Waals surface area contributed by atoms with Crippen LogP contribution < -0.4 is 5.32 Å². The fourth-order valence-corrected chi connectivity index (χ4v) is 0.805. The normalized spacial score (nSPS) is 14.8. The summed E-state index contributed by atoms with van der Waals surface area (Å²) in [4.78, 5) is 0. The molecule has 0 bridgehead atoms. The average Bonchev–Trinajstić information content (AvgIpc) is 1.96. The van der Waals surface area contributed by atoms with Crippen molar-refractivity contribution >= 4 is 0 Å². The van der Waals surface area contributed by atoms with Gasteiger partial charge in [-0.2, -0.15) is 0 Å². The van der Waals surface area contributed by atoms with E-state index >= 15 is 0 Å². The topological polar surface area (TPSA) is 52.5 Å². The van der Waals surface area contributed by atoms with Crippen LogP contribution in [-0.2, 0) is 0 Å². The summed E-state index contributed by atoms with van der Waals surface area (Å²) in [6.45, 7) is 6.64. The van der Waals surface area contributed by atoms with Crippen LogP contribution in [0.4, 0.5) is 0 Å². The van der Waals surface area contributed by atoms with Crippen molar-refractivity contribution in [1.29, 1.82) is 0 Å². The third kappa shape index (κ3) is 5.52. The maximum Gasteiger partial charge on any atom is 0.0741 e. The van der Waals surface area contributed by atoms with Crippen molar-refractivity contribution in [2.75, 3.05) is 13.2 Å². The van der Waals surface area contributed by atoms with Crippen molar-refractivity contribution in [1.82, 2.24) is 5.32 Å². The summed E-state index contributed by atoms with van der Waals surface area (Å²) in [5, 5.41) is 21.2. The van der Waals surface area contributed by atoms with Gasteiger partial charge in [-0.25, -0.2) is 0 Å². The molecule has 0 aromatic rings. The van der Waals surface area contributed by atoms with E-state index in [1.807, 2.05) is 6.92 Å². The molecule has 0 aromatic heterocycles. The molecule has 0 amide bonds. The summed E-state index contributed by atoms with van der Waals surface area (Å²) in [6.07, 6.45) is 1.78. The first-order chi connectivity index (χ1) is 5.48. The van der Waals surface area contributed by atoms with Crippen LogP contribution in [0.2, 0.25) is 0 Å². The molecule has 0 aliphatic rings. The Balaban J connectivity index is 3.38. The van der Waals surface area contributed by atoms with E-state index in [4.69, 9.17) is 5.11 Å². The first-order valence-corrected chi connectivity index (χ1v) is 4.55. The fraction of sp³-hybridized carbons (Fsp3) is 1.00. The number of hydrogen-bond donors (Lipinski definition) is 3. The highest BCUT2D eigenvalue weighted by Gasteiger charge is 2.20. The Labute approximate surface area is 74.8 Å². The summed E-state index contributed by atoms with van der Waals surface area (Å²) in [5.74, 6) is 0. The van der Waals surface area contributed by atoms with Crippen LogP contribution >= 0.6 is 0 Å². The van der Waals surface area contributed by atoms with E-state index in [1.54, 1.807) is 13.8 Å². The molecular weight excluding hydrogens is 154 g/mol. The zero-order chi connectivity index (χ0) is 9.61. The second-order valence-electron chi connectivity index (χ2n) is 3.76. The quantitative estimate of drug-likeness (QED) is 0.515. The Morgan fingerprint density at radius 1 is 1.33 bits per heavy atom. The van der Waals surface area contributed by atoms with Crippen molar-refractivity contribution in [3.63, 3.8) is 0 Å². The highest BCUT2D eigenvalue weighted by molar-refractivity contribution is 4.79. The molecule has 0 aromatic carbocycles. The van der Waals surface area contributed by atoms with Gasteiger partial charge in [0.15, 0.2) is 0 Å². The highest BCUT2D eigenvalue weighted by atomic mass is 16.3. The van der Waals surface area contributed by atoms with Crippen LogP contribution in [0.15, 0.2) is 0 Å². The van der Waals surface area contributed by atoms with Gasteiger partial charge in [-0.05, 0) is 40.2 Å². The molecule has 0 saturated heterocycles. The average molecular weight is 175 g/mol. The van der Waals surface area contributed by atoms with Crippen LogP contribution in [0.3, 0.4) is 0 Å². The lowest BCUT2D eigenvalue weighted by molar-refractivity contribution is 0.0442. The van der Waals surface area contributed by atoms with Crippen molar-refractivity contribution in [2.24, 2.45) is 0 Å². The zero-order valence-electron chi connectivity index (χ0n) is 8.30. The molecule has 1 atom stereocenters. The zero-order valence-corrected chi connectivity index (χ0v) is 8.30. The van der Waals surface area contributed by atoms with E-state index in [0.717, 1.165) is 19.4 Å². The van der Waals surface area contributed by atoms with Crippen LogP contribution in [-0.4, -0.2) is 35.0 Å². The molecule has 3 heteroatoms. The largest absolute Gasteiger partial charge is 0.396 e. The number of nitrogens with one attached hydrogen (secondary N) is 1. The molecule has 0 aliphatic carbocycles. The second-order valence-corrected chi connectivity index (χ2v) is 3.76. The molecule has 0 spiro atoms. The molecular formula is C9H21NO2. The van der Waals surface area contributed by atoms with E-state index in [1.165, 1.54) is 0 Å². The summed E-state index contributed by atoms with van der Waals surface area (Å²) in [7, 11) is 0. The predicted octanol–water partition coefficient (Wildman–Crippen LogP) is 0.508. The molecule has 12 heavy (non-hydrogen) atoms. The second kappa shape index (κ2) is 5.51. The van der Waals surface area contributed by atoms with Crippen molar-refractivity contribution < 1.29 is 10.2 Å². The van der Waals surface area contributed by atoms with Crippen molar-refractivity contribution in [2.45, 2.75) is 45.3 Å². The first kappa shape index (κ1) is 11.9. The molecule has 3 N–H and O–H groups in total. The van der Waals surface area contributed by atoms with Gasteiger partial charge in [0.25, 0.3) is 0 Å². The van der Waals surface area contributed by atoms with Crippen molar-refractivity contribution in [3.8, 4) is 0 Å². The molecule has 0 heterocycles. The first-order valence-electron chi connectivity index (χ1n) is 4.55. The number of unbranched alkanes of at least 4 members (excludes halogenated alkanes) is 1. The smallest absolute Gasteiger partial charge is 0.0741 e. The third-order valence-corrected chi connectivity index (χ3v) is 2.10. The van der Waals surface area contributed by atoms with Crippen molar-refractivity contribution in [3.05, 3.63) is 0 Å². The maximum absolute atomic E-state index is 9.53. The summed E-state index contributed by atoms with van der Waals surface area (Å²) >= 11 is 0. The van der Waals surface area contributed by atoms with E-state index in [0.29, 0.717) is 0 Å². The minimum Gasteiger partial charge on any atom is -0.396 e. The number of aliphatic hydroxyl groups is 2. The predicted molar refractivity (Wildman–Crippen MR) is 50.1 cm³/mol. The Bertz CT molecular complexity index is 110. The Hall–Kier alpha value is -0.120.